The van der Waals surface area contributed by atoms with Gasteiger partial charge in [-0.25, -0.2) is 0 Å². The van der Waals surface area contributed by atoms with E-state index in [2.05, 4.69) is 197 Å². The van der Waals surface area contributed by atoms with Crippen LogP contribution in [0.1, 0.15) is 11.1 Å². The van der Waals surface area contributed by atoms with E-state index in [0.717, 1.165) is 12.3 Å². The lowest BCUT2D eigenvalue weighted by Gasteiger charge is -2.23. The number of hydrogen-bond donors (Lipinski definition) is 0. The molecule has 5 aromatic rings. The van der Waals surface area contributed by atoms with Gasteiger partial charge in [0.25, 0.3) is 0 Å². The molecular weight excluding hydrogens is 598 g/mol. The van der Waals surface area contributed by atoms with Crippen molar-refractivity contribution >= 4 is 59.8 Å². The largest absolute Gasteiger partial charge is 0.378 e. The summed E-state index contributed by atoms with van der Waals surface area (Å²) in [6, 6.07) is 46.1. The predicted molar refractivity (Wildman–Crippen MR) is 209 cm³/mol. The molecule has 0 atom stereocenters. The monoisotopic (exact) mass is 646 g/mol. The first-order chi connectivity index (χ1) is 22.1. The maximum atomic E-state index is 2.47. The van der Waals surface area contributed by atoms with E-state index < -0.39 is 15.8 Å². The highest BCUT2D eigenvalue weighted by Crippen LogP contribution is 2.41. The minimum atomic E-state index is -0.572. The van der Waals surface area contributed by atoms with E-state index in [4.69, 9.17) is 0 Å². The van der Waals surface area contributed by atoms with Crippen molar-refractivity contribution in [2.45, 2.75) is 12.3 Å². The zero-order valence-corrected chi connectivity index (χ0v) is 30.4. The van der Waals surface area contributed by atoms with Crippen LogP contribution in [0.25, 0.3) is 0 Å². The fourth-order valence-corrected chi connectivity index (χ4v) is 10.1. The average molecular weight is 647 g/mol. The van der Waals surface area contributed by atoms with Crippen molar-refractivity contribution in [3.05, 3.63) is 132 Å². The molecule has 0 aromatic heterocycles. The number of nitrogens with zero attached hydrogens (tertiary/aromatic N) is 4. The second-order valence-electron chi connectivity index (χ2n) is 12.6. The van der Waals surface area contributed by atoms with Gasteiger partial charge in [-0.1, -0.05) is 72.8 Å². The van der Waals surface area contributed by atoms with Gasteiger partial charge >= 0.3 is 0 Å². The first-order valence-electron chi connectivity index (χ1n) is 15.8. The van der Waals surface area contributed by atoms with Gasteiger partial charge in [-0.2, -0.15) is 0 Å². The third-order valence-corrected chi connectivity index (χ3v) is 13.4. The molecule has 5 aromatic carbocycles. The summed E-state index contributed by atoms with van der Waals surface area (Å²) in [5, 5.41) is 5.64. The van der Waals surface area contributed by atoms with Crippen LogP contribution in [0.4, 0.5) is 22.7 Å². The Bertz CT molecular complexity index is 1450. The lowest BCUT2D eigenvalue weighted by atomic mass is 10.2. The summed E-state index contributed by atoms with van der Waals surface area (Å²) in [4.78, 5) is 8.67. The van der Waals surface area contributed by atoms with Crippen molar-refractivity contribution in [3.8, 4) is 0 Å². The molecule has 0 N–H and O–H groups in total. The van der Waals surface area contributed by atoms with Gasteiger partial charge < -0.3 is 19.6 Å². The van der Waals surface area contributed by atoms with Crippen LogP contribution in [0.5, 0.6) is 0 Å². The molecule has 238 valence electrons. The molecule has 0 spiro atoms. The molecule has 0 bridgehead atoms. The quantitative estimate of drug-likeness (QED) is 0.133. The topological polar surface area (TPSA) is 13.0 Å². The van der Waals surface area contributed by atoms with E-state index in [0.29, 0.717) is 0 Å². The Morgan fingerprint density at radius 2 is 0.587 bits per heavy atom. The van der Waals surface area contributed by atoms with Crippen LogP contribution in [-0.4, -0.2) is 56.4 Å². The van der Waals surface area contributed by atoms with Crippen LogP contribution >= 0.6 is 15.8 Å². The van der Waals surface area contributed by atoms with Crippen LogP contribution in [-0.2, 0) is 12.3 Å². The number of rotatable bonds is 12. The fraction of sp³-hybridized carbons (Fsp3) is 0.250. The van der Waals surface area contributed by atoms with E-state index >= 15 is 0 Å². The zero-order chi connectivity index (χ0) is 32.8. The summed E-state index contributed by atoms with van der Waals surface area (Å²) in [5.41, 5.74) is 7.72. The Balaban J connectivity index is 1.47. The van der Waals surface area contributed by atoms with Gasteiger partial charge in [0.2, 0.25) is 0 Å². The second kappa shape index (κ2) is 15.2. The zero-order valence-electron chi connectivity index (χ0n) is 28.6. The maximum absolute atomic E-state index is 2.47. The minimum absolute atomic E-state index is 0.572. The molecule has 0 aliphatic rings. The molecular formula is C40H48N4P2. The first-order valence-corrected chi connectivity index (χ1v) is 18.9. The van der Waals surface area contributed by atoms with E-state index in [1.165, 1.54) is 55.1 Å². The van der Waals surface area contributed by atoms with Crippen molar-refractivity contribution in [1.29, 1.82) is 0 Å². The minimum Gasteiger partial charge on any atom is -0.378 e. The highest BCUT2D eigenvalue weighted by atomic mass is 31.1. The van der Waals surface area contributed by atoms with Crippen LogP contribution in [0.3, 0.4) is 0 Å². The summed E-state index contributed by atoms with van der Waals surface area (Å²) in [6.07, 6.45) is 2.03. The third kappa shape index (κ3) is 8.30. The first kappa shape index (κ1) is 33.5. The number of hydrogen-bond acceptors (Lipinski definition) is 4. The van der Waals surface area contributed by atoms with Crippen molar-refractivity contribution < 1.29 is 0 Å². The van der Waals surface area contributed by atoms with Crippen molar-refractivity contribution in [2.24, 2.45) is 0 Å². The lowest BCUT2D eigenvalue weighted by molar-refractivity contribution is 1.13. The Labute approximate surface area is 279 Å². The van der Waals surface area contributed by atoms with Gasteiger partial charge in [0.1, 0.15) is 0 Å². The summed E-state index contributed by atoms with van der Waals surface area (Å²) in [5.74, 6) is 0. The molecule has 0 aliphatic carbocycles. The molecule has 0 saturated heterocycles. The van der Waals surface area contributed by atoms with Gasteiger partial charge in [0.15, 0.2) is 0 Å². The van der Waals surface area contributed by atoms with Crippen LogP contribution in [0.2, 0.25) is 0 Å². The molecule has 0 heterocycles. The molecule has 0 unspecified atom stereocenters. The Hall–Kier alpha value is -3.84. The van der Waals surface area contributed by atoms with Gasteiger partial charge in [-0.05, 0) is 96.7 Å². The molecule has 4 nitrogen and oxygen atoms in total. The summed E-state index contributed by atoms with van der Waals surface area (Å²) in [7, 11) is 15.7. The second-order valence-corrected chi connectivity index (χ2v) is 17.0. The van der Waals surface area contributed by atoms with Crippen LogP contribution < -0.4 is 40.8 Å². The lowest BCUT2D eigenvalue weighted by Crippen LogP contribution is -2.16. The summed E-state index contributed by atoms with van der Waals surface area (Å²) < 4.78 is 0. The molecule has 5 rings (SSSR count). The van der Waals surface area contributed by atoms with Crippen LogP contribution in [0, 0.1) is 0 Å². The van der Waals surface area contributed by atoms with E-state index in [1.54, 1.807) is 0 Å². The van der Waals surface area contributed by atoms with Crippen LogP contribution in [0.15, 0.2) is 121 Å². The van der Waals surface area contributed by atoms with Gasteiger partial charge in [0.05, 0.1) is 0 Å². The Kier molecular flexibility index (Phi) is 11.1. The van der Waals surface area contributed by atoms with Crippen molar-refractivity contribution in [3.63, 3.8) is 0 Å². The summed E-state index contributed by atoms with van der Waals surface area (Å²) >= 11 is 0. The molecule has 46 heavy (non-hydrogen) atoms. The highest BCUT2D eigenvalue weighted by molar-refractivity contribution is 7.72. The van der Waals surface area contributed by atoms with Gasteiger partial charge in [0, 0.05) is 91.5 Å². The molecule has 0 amide bonds. The molecule has 0 saturated carbocycles. The molecule has 0 radical (unpaired) electrons. The maximum Gasteiger partial charge on any atom is 0.0361 e. The molecule has 0 fully saturated rings. The Morgan fingerprint density at radius 3 is 0.804 bits per heavy atom. The van der Waals surface area contributed by atoms with Crippen molar-refractivity contribution in [1.82, 2.24) is 0 Å². The SMILES string of the molecule is CN(C)c1ccc(P(Cc2cccc(CP(c3ccc(N(C)C)cc3)c3ccc(N(C)C)cc3)c2)c2ccc(N(C)C)cc2)cc1. The third-order valence-electron chi connectivity index (χ3n) is 8.38. The number of anilines is 4. The molecule has 6 heteroatoms. The van der Waals surface area contributed by atoms with E-state index in [9.17, 15) is 0 Å². The van der Waals surface area contributed by atoms with Gasteiger partial charge in [-0.3, -0.25) is 0 Å². The normalized spacial score (nSPS) is 11.2. The van der Waals surface area contributed by atoms with E-state index in [-0.39, 0.29) is 0 Å². The smallest absolute Gasteiger partial charge is 0.0361 e. The van der Waals surface area contributed by atoms with Crippen molar-refractivity contribution in [2.75, 3.05) is 76.0 Å². The summed E-state index contributed by atoms with van der Waals surface area (Å²) in [6.45, 7) is 0. The van der Waals surface area contributed by atoms with Gasteiger partial charge in [-0.15, -0.1) is 0 Å². The molecule has 0 aliphatic heterocycles. The van der Waals surface area contributed by atoms with E-state index in [1.807, 2.05) is 0 Å². The Morgan fingerprint density at radius 1 is 0.348 bits per heavy atom. The highest BCUT2D eigenvalue weighted by Gasteiger charge is 2.19. The standard InChI is InChI=1S/C40H48N4P2/c1-41(2)33-12-20-37(21-13-33)45(38-22-14-34(15-23-38)42(3)4)29-31-10-9-11-32(28-31)30-46(39-24-16-35(17-25-39)43(5)6)40-26-18-36(19-27-40)44(7)8/h9-28H,29-30H2,1-8H3. The predicted octanol–water partition coefficient (Wildman–Crippen LogP) is 7.22. The fourth-order valence-electron chi connectivity index (χ4n) is 5.58. The average Bonchev–Trinajstić information content (AvgIpc) is 3.06. The number of benzene rings is 5.